The molecule has 0 amide bonds. The van der Waals surface area contributed by atoms with E-state index in [1.165, 1.54) is 7.11 Å². The van der Waals surface area contributed by atoms with Crippen molar-refractivity contribution in [3.63, 3.8) is 0 Å². The quantitative estimate of drug-likeness (QED) is 0.679. The first-order valence-electron chi connectivity index (χ1n) is 6.08. The zero-order valence-electron chi connectivity index (χ0n) is 10.8. The van der Waals surface area contributed by atoms with Crippen molar-refractivity contribution in [3.8, 4) is 0 Å². The molecule has 5 heteroatoms. The summed E-state index contributed by atoms with van der Waals surface area (Å²) in [6.07, 6.45) is 0. The number of nitrogens with zero attached hydrogens (tertiary/aromatic N) is 1. The molecule has 0 atom stereocenters. The Labute approximate surface area is 125 Å². The molecule has 0 saturated heterocycles. The number of benzene rings is 1. The van der Waals surface area contributed by atoms with Gasteiger partial charge in [-0.1, -0.05) is 23.7 Å². The van der Waals surface area contributed by atoms with Crippen LogP contribution in [-0.4, -0.2) is 17.6 Å². The number of thiophene rings is 1. The smallest absolute Gasteiger partial charge is 0.354 e. The number of aromatic nitrogens is 1. The number of rotatable bonds is 3. The molecule has 0 radical (unpaired) electrons. The van der Waals surface area contributed by atoms with Crippen LogP contribution in [0.2, 0.25) is 5.02 Å². The zero-order valence-corrected chi connectivity index (χ0v) is 12.4. The van der Waals surface area contributed by atoms with Gasteiger partial charge in [0.05, 0.1) is 7.11 Å². The van der Waals surface area contributed by atoms with E-state index < -0.39 is 0 Å². The number of carbonyl (C=O) groups excluding carboxylic acids is 1. The van der Waals surface area contributed by atoms with Gasteiger partial charge in [0.2, 0.25) is 0 Å². The molecule has 0 aliphatic carbocycles. The van der Waals surface area contributed by atoms with E-state index in [4.69, 9.17) is 16.3 Å². The average molecular weight is 306 g/mol. The second-order valence-corrected chi connectivity index (χ2v) is 5.75. The Morgan fingerprint density at radius 2 is 2.20 bits per heavy atom. The molecule has 3 rings (SSSR count). The van der Waals surface area contributed by atoms with Crippen molar-refractivity contribution in [2.45, 2.75) is 6.54 Å². The molecule has 3 aromatic rings. The van der Waals surface area contributed by atoms with E-state index in [-0.39, 0.29) is 5.97 Å². The minimum absolute atomic E-state index is 0.324. The second kappa shape index (κ2) is 5.31. The molecule has 20 heavy (non-hydrogen) atoms. The third kappa shape index (κ3) is 2.32. The number of esters is 1. The summed E-state index contributed by atoms with van der Waals surface area (Å²) in [5.74, 6) is -0.324. The summed E-state index contributed by atoms with van der Waals surface area (Å²) in [6.45, 7) is 0.592. The van der Waals surface area contributed by atoms with Crippen LogP contribution in [0.5, 0.6) is 0 Å². The van der Waals surface area contributed by atoms with Crippen molar-refractivity contribution in [2.75, 3.05) is 7.11 Å². The van der Waals surface area contributed by atoms with E-state index in [0.29, 0.717) is 17.3 Å². The van der Waals surface area contributed by atoms with Gasteiger partial charge in [-0.25, -0.2) is 4.79 Å². The number of fused-ring (bicyclic) bond motifs is 1. The van der Waals surface area contributed by atoms with Crippen molar-refractivity contribution in [1.82, 2.24) is 4.57 Å². The molecule has 0 aliphatic heterocycles. The zero-order chi connectivity index (χ0) is 14.1. The minimum atomic E-state index is -0.324. The monoisotopic (exact) mass is 305 g/mol. The van der Waals surface area contributed by atoms with Crippen molar-refractivity contribution < 1.29 is 9.53 Å². The predicted molar refractivity (Wildman–Crippen MR) is 81.7 cm³/mol. The van der Waals surface area contributed by atoms with Crippen LogP contribution in [0.15, 0.2) is 41.8 Å². The molecule has 1 aromatic carbocycles. The fraction of sp³-hybridized carbons (Fsp3) is 0.133. The maximum absolute atomic E-state index is 11.9. The minimum Gasteiger partial charge on any atom is -0.464 e. The topological polar surface area (TPSA) is 31.2 Å². The highest BCUT2D eigenvalue weighted by molar-refractivity contribution is 7.16. The second-order valence-electron chi connectivity index (χ2n) is 4.42. The molecule has 0 unspecified atom stereocenters. The van der Waals surface area contributed by atoms with Crippen molar-refractivity contribution in [3.05, 3.63) is 58.1 Å². The van der Waals surface area contributed by atoms with E-state index in [1.54, 1.807) is 11.3 Å². The van der Waals surface area contributed by atoms with Crippen LogP contribution in [-0.2, 0) is 11.3 Å². The highest BCUT2D eigenvalue weighted by Crippen LogP contribution is 2.27. The normalized spacial score (nSPS) is 10.9. The Morgan fingerprint density at radius 1 is 1.35 bits per heavy atom. The van der Waals surface area contributed by atoms with E-state index >= 15 is 0 Å². The first-order valence-corrected chi connectivity index (χ1v) is 7.34. The van der Waals surface area contributed by atoms with Crippen LogP contribution in [0.25, 0.3) is 10.2 Å². The van der Waals surface area contributed by atoms with Gasteiger partial charge in [0, 0.05) is 17.0 Å². The summed E-state index contributed by atoms with van der Waals surface area (Å²) >= 11 is 7.62. The number of carbonyl (C=O) groups is 1. The predicted octanol–water partition coefficient (Wildman–Crippen LogP) is 4.19. The number of hydrogen-bond acceptors (Lipinski definition) is 3. The molecule has 2 aromatic heterocycles. The van der Waals surface area contributed by atoms with Gasteiger partial charge in [0.25, 0.3) is 0 Å². The standard InChI is InChI=1S/C15H12ClNO2S/c1-19-15(18)13-8-11-5-6-20-14(11)17(13)9-10-3-2-4-12(16)7-10/h2-8H,9H2,1H3. The number of hydrogen-bond donors (Lipinski definition) is 0. The molecule has 0 saturated carbocycles. The van der Waals surface area contributed by atoms with Crippen LogP contribution < -0.4 is 0 Å². The molecule has 0 fully saturated rings. The van der Waals surface area contributed by atoms with Gasteiger partial charge in [-0.2, -0.15) is 0 Å². The Hall–Kier alpha value is -1.78. The molecule has 3 nitrogen and oxygen atoms in total. The van der Waals surface area contributed by atoms with Gasteiger partial charge in [-0.15, -0.1) is 11.3 Å². The van der Waals surface area contributed by atoms with E-state index in [1.807, 2.05) is 46.3 Å². The summed E-state index contributed by atoms with van der Waals surface area (Å²) in [5, 5.41) is 3.76. The Kier molecular flexibility index (Phi) is 3.51. The lowest BCUT2D eigenvalue weighted by Crippen LogP contribution is -2.11. The SMILES string of the molecule is COC(=O)c1cc2ccsc2n1Cc1cccc(Cl)c1. The first kappa shape index (κ1) is 13.2. The van der Waals surface area contributed by atoms with Crippen molar-refractivity contribution in [2.24, 2.45) is 0 Å². The number of ether oxygens (including phenoxy) is 1. The van der Waals surface area contributed by atoms with Gasteiger partial charge in [0.15, 0.2) is 0 Å². The van der Waals surface area contributed by atoms with Gasteiger partial charge >= 0.3 is 5.97 Å². The maximum atomic E-state index is 11.9. The number of methoxy groups -OCH3 is 1. The summed E-state index contributed by atoms with van der Waals surface area (Å²) in [5.41, 5.74) is 1.61. The Morgan fingerprint density at radius 3 is 2.95 bits per heavy atom. The molecular weight excluding hydrogens is 294 g/mol. The van der Waals surface area contributed by atoms with Crippen molar-refractivity contribution >= 4 is 39.1 Å². The molecule has 0 spiro atoms. The van der Waals surface area contributed by atoms with E-state index in [9.17, 15) is 4.79 Å². The lowest BCUT2D eigenvalue weighted by molar-refractivity contribution is 0.0589. The van der Waals surface area contributed by atoms with Crippen LogP contribution in [0.3, 0.4) is 0 Å². The third-order valence-corrected chi connectivity index (χ3v) is 4.31. The summed E-state index contributed by atoms with van der Waals surface area (Å²) in [6, 6.07) is 11.5. The van der Waals surface area contributed by atoms with E-state index in [2.05, 4.69) is 0 Å². The molecule has 2 heterocycles. The summed E-state index contributed by atoms with van der Waals surface area (Å²) in [4.78, 5) is 13.0. The van der Waals surface area contributed by atoms with Crippen molar-refractivity contribution in [1.29, 1.82) is 0 Å². The molecular formula is C15H12ClNO2S. The van der Waals surface area contributed by atoms with Gasteiger partial charge in [-0.05, 0) is 35.2 Å². The fourth-order valence-corrected chi connectivity index (χ4v) is 3.33. The Bertz CT molecular complexity index is 775. The molecule has 0 aliphatic rings. The van der Waals surface area contributed by atoms with E-state index in [0.717, 1.165) is 15.8 Å². The molecule has 0 N–H and O–H groups in total. The van der Waals surface area contributed by atoms with Crippen LogP contribution in [0.1, 0.15) is 16.1 Å². The van der Waals surface area contributed by atoms with Crippen LogP contribution in [0.4, 0.5) is 0 Å². The summed E-state index contributed by atoms with van der Waals surface area (Å²) < 4.78 is 6.83. The van der Waals surface area contributed by atoms with Crippen LogP contribution >= 0.6 is 22.9 Å². The fourth-order valence-electron chi connectivity index (χ4n) is 2.22. The summed E-state index contributed by atoms with van der Waals surface area (Å²) in [7, 11) is 1.40. The lowest BCUT2D eigenvalue weighted by atomic mass is 10.2. The average Bonchev–Trinajstić information content (AvgIpc) is 3.01. The highest BCUT2D eigenvalue weighted by atomic mass is 35.5. The molecule has 0 bridgehead atoms. The Balaban J connectivity index is 2.08. The lowest BCUT2D eigenvalue weighted by Gasteiger charge is -2.09. The largest absolute Gasteiger partial charge is 0.464 e. The maximum Gasteiger partial charge on any atom is 0.354 e. The van der Waals surface area contributed by atoms with Crippen LogP contribution in [0, 0.1) is 0 Å². The number of halogens is 1. The van der Waals surface area contributed by atoms with Gasteiger partial charge < -0.3 is 9.30 Å². The third-order valence-electron chi connectivity index (χ3n) is 3.13. The first-order chi connectivity index (χ1) is 9.69. The van der Waals surface area contributed by atoms with Gasteiger partial charge in [-0.3, -0.25) is 0 Å². The highest BCUT2D eigenvalue weighted by Gasteiger charge is 2.17. The molecule has 102 valence electrons. The van der Waals surface area contributed by atoms with Gasteiger partial charge in [0.1, 0.15) is 10.5 Å².